The molecule has 0 aromatic rings. The Kier molecular flexibility index (Phi) is 6.17. The largest absolute Gasteiger partial charge is 0.450 e. The Bertz CT molecular complexity index is 997. The average molecular weight is 498 g/mol. The van der Waals surface area contributed by atoms with Gasteiger partial charge in [-0.05, 0) is 49.8 Å². The number of aliphatic imine (C=N–C) groups is 1. The van der Waals surface area contributed by atoms with Crippen LogP contribution in [0.1, 0.15) is 53.4 Å². The number of ketones is 1. The van der Waals surface area contributed by atoms with E-state index in [9.17, 15) is 14.7 Å². The van der Waals surface area contributed by atoms with Crippen LogP contribution >= 0.6 is 11.6 Å². The molecule has 4 aliphatic carbocycles. The zero-order valence-electron chi connectivity index (χ0n) is 20.4. The molecule has 9 atom stereocenters. The molecule has 0 aromatic carbocycles. The van der Waals surface area contributed by atoms with Gasteiger partial charge >= 0.3 is 5.97 Å². The summed E-state index contributed by atoms with van der Waals surface area (Å²) in [5.74, 6) is -3.20. The lowest BCUT2D eigenvalue weighted by atomic mass is 9.44. The van der Waals surface area contributed by atoms with Crippen LogP contribution in [0.3, 0.4) is 0 Å². The second-order valence-corrected chi connectivity index (χ2v) is 11.1. The molecule has 4 aliphatic rings. The van der Waals surface area contributed by atoms with Gasteiger partial charge < -0.3 is 9.84 Å². The quantitative estimate of drug-likeness (QED) is 0.456. The van der Waals surface area contributed by atoms with E-state index in [1.54, 1.807) is 53.0 Å². The minimum atomic E-state index is -2.16. The molecule has 4 rings (SSSR count). The van der Waals surface area contributed by atoms with Crippen molar-refractivity contribution in [1.82, 2.24) is 0 Å². The van der Waals surface area contributed by atoms with Crippen LogP contribution in [0.5, 0.6) is 0 Å². The Morgan fingerprint density at radius 2 is 1.97 bits per heavy atom. The number of alkyl halides is 3. The molecular formula is C26H34ClF2NO4. The second-order valence-electron chi connectivity index (χ2n) is 10.9. The fourth-order valence-electron chi connectivity index (χ4n) is 7.89. The average Bonchev–Trinajstić information content (AvgIpc) is 3.02. The molecule has 0 saturated heterocycles. The molecule has 188 valence electrons. The summed E-state index contributed by atoms with van der Waals surface area (Å²) in [5, 5.41) is 11.5. The third kappa shape index (κ3) is 2.95. The maximum atomic E-state index is 17.4. The number of rotatable bonds is 4. The summed E-state index contributed by atoms with van der Waals surface area (Å²) in [6.45, 7) is 6.85. The minimum absolute atomic E-state index is 0.0642. The van der Waals surface area contributed by atoms with E-state index >= 15 is 8.78 Å². The number of carbonyl (C=O) groups is 2. The smallest absolute Gasteiger partial charge is 0.306 e. The van der Waals surface area contributed by atoms with Crippen molar-refractivity contribution in [3.8, 4) is 0 Å². The summed E-state index contributed by atoms with van der Waals surface area (Å²) in [5.41, 5.74) is -5.37. The van der Waals surface area contributed by atoms with Gasteiger partial charge in [0.05, 0.1) is 17.7 Å². The van der Waals surface area contributed by atoms with Crippen LogP contribution in [0.25, 0.3) is 0 Å². The Hall–Kier alpha value is -1.60. The zero-order valence-corrected chi connectivity index (χ0v) is 21.2. The van der Waals surface area contributed by atoms with Gasteiger partial charge in [0, 0.05) is 36.1 Å². The number of ether oxygens (including phenoxy) is 1. The predicted molar refractivity (Wildman–Crippen MR) is 126 cm³/mol. The van der Waals surface area contributed by atoms with E-state index in [0.29, 0.717) is 12.1 Å². The first-order valence-electron chi connectivity index (χ1n) is 12.1. The van der Waals surface area contributed by atoms with E-state index in [-0.39, 0.29) is 30.7 Å². The normalized spacial score (nSPS) is 48.6. The topological polar surface area (TPSA) is 76.0 Å². The van der Waals surface area contributed by atoms with Crippen molar-refractivity contribution >= 4 is 29.1 Å². The summed E-state index contributed by atoms with van der Waals surface area (Å²) in [7, 11) is 1.59. The van der Waals surface area contributed by atoms with Crippen molar-refractivity contribution in [1.29, 1.82) is 0 Å². The van der Waals surface area contributed by atoms with Crippen LogP contribution in [0.2, 0.25) is 0 Å². The van der Waals surface area contributed by atoms with E-state index in [1.807, 2.05) is 0 Å². The molecule has 0 amide bonds. The van der Waals surface area contributed by atoms with Crippen molar-refractivity contribution in [2.45, 2.75) is 76.9 Å². The summed E-state index contributed by atoms with van der Waals surface area (Å²) in [6, 6.07) is 0. The molecule has 3 fully saturated rings. The first-order valence-corrected chi connectivity index (χ1v) is 12.6. The monoisotopic (exact) mass is 497 g/mol. The molecule has 0 heterocycles. The highest BCUT2D eigenvalue weighted by Gasteiger charge is 2.77. The van der Waals surface area contributed by atoms with E-state index in [0.717, 1.165) is 0 Å². The van der Waals surface area contributed by atoms with Crippen LogP contribution in [-0.2, 0) is 14.3 Å². The summed E-state index contributed by atoms with van der Waals surface area (Å²) < 4.78 is 39.0. The Morgan fingerprint density at radius 3 is 2.56 bits per heavy atom. The van der Waals surface area contributed by atoms with Crippen LogP contribution in [0.15, 0.2) is 28.8 Å². The van der Waals surface area contributed by atoms with E-state index in [4.69, 9.17) is 16.3 Å². The van der Waals surface area contributed by atoms with Gasteiger partial charge in [0.1, 0.15) is 6.17 Å². The SMILES string of the molecule is CCC(=O)O[C@@]1(C(=O)CCl)[C@@H](C)C[C@H]2[C@@H]3C[C@H](F)C4=CC(=NC)C=C[C@]4(C)[C@@]3(F)[C@@H](O)C[C@@]21C. The fourth-order valence-corrected chi connectivity index (χ4v) is 8.09. The number of esters is 1. The molecule has 0 aromatic heterocycles. The predicted octanol–water partition coefficient (Wildman–Crippen LogP) is 4.55. The van der Waals surface area contributed by atoms with Gasteiger partial charge in [0.25, 0.3) is 0 Å². The summed E-state index contributed by atoms with van der Waals surface area (Å²) in [4.78, 5) is 29.9. The molecule has 0 aliphatic heterocycles. The maximum absolute atomic E-state index is 17.4. The van der Waals surface area contributed by atoms with E-state index in [2.05, 4.69) is 4.99 Å². The van der Waals surface area contributed by atoms with Crippen molar-refractivity contribution in [3.63, 3.8) is 0 Å². The van der Waals surface area contributed by atoms with Crippen LogP contribution < -0.4 is 0 Å². The van der Waals surface area contributed by atoms with Gasteiger partial charge in [0.2, 0.25) is 0 Å². The van der Waals surface area contributed by atoms with Gasteiger partial charge in [-0.15, -0.1) is 11.6 Å². The number of aliphatic hydroxyl groups excluding tert-OH is 1. The molecule has 5 nitrogen and oxygen atoms in total. The number of hydrogen-bond acceptors (Lipinski definition) is 5. The third-order valence-electron chi connectivity index (χ3n) is 9.54. The fraction of sp³-hybridized carbons (Fsp3) is 0.731. The highest BCUT2D eigenvalue weighted by Crippen LogP contribution is 2.71. The number of carbonyl (C=O) groups excluding carboxylic acids is 2. The molecule has 34 heavy (non-hydrogen) atoms. The first kappa shape index (κ1) is 25.5. The number of halogens is 3. The Labute approximate surface area is 204 Å². The molecule has 0 unspecified atom stereocenters. The van der Waals surface area contributed by atoms with E-state index < -0.39 is 63.9 Å². The molecule has 0 bridgehead atoms. The highest BCUT2D eigenvalue weighted by atomic mass is 35.5. The number of fused-ring (bicyclic) bond motifs is 5. The van der Waals surface area contributed by atoms with Gasteiger partial charge in [-0.25, -0.2) is 8.78 Å². The second kappa shape index (κ2) is 8.22. The summed E-state index contributed by atoms with van der Waals surface area (Å²) >= 11 is 6.01. The third-order valence-corrected chi connectivity index (χ3v) is 9.78. The van der Waals surface area contributed by atoms with Crippen molar-refractivity contribution in [3.05, 3.63) is 23.8 Å². The highest BCUT2D eigenvalue weighted by molar-refractivity contribution is 6.29. The van der Waals surface area contributed by atoms with Crippen LogP contribution in [-0.4, -0.2) is 59.0 Å². The minimum Gasteiger partial charge on any atom is -0.450 e. The number of allylic oxidation sites excluding steroid dienone is 4. The first-order chi connectivity index (χ1) is 15.9. The van der Waals surface area contributed by atoms with Gasteiger partial charge in [-0.2, -0.15) is 0 Å². The zero-order chi connectivity index (χ0) is 25.3. The Morgan fingerprint density at radius 1 is 1.29 bits per heavy atom. The van der Waals surface area contributed by atoms with Crippen molar-refractivity contribution < 1.29 is 28.2 Å². The molecule has 0 radical (unpaired) electrons. The summed E-state index contributed by atoms with van der Waals surface area (Å²) in [6.07, 6.45) is 2.16. The van der Waals surface area contributed by atoms with Crippen molar-refractivity contribution in [2.24, 2.45) is 33.6 Å². The van der Waals surface area contributed by atoms with Gasteiger partial charge in [-0.1, -0.05) is 26.8 Å². The Balaban J connectivity index is 1.87. The molecular weight excluding hydrogens is 464 g/mol. The van der Waals surface area contributed by atoms with Crippen molar-refractivity contribution in [2.75, 3.05) is 12.9 Å². The molecule has 0 spiro atoms. The standard InChI is InChI=1S/C26H34ClF2NO4/c1-6-22(33)34-26(21(32)13-27)14(2)9-16-17-11-19(28)18-10-15(30-5)7-8-23(18,3)25(17,29)20(31)12-24(16,26)4/h7-8,10,14,16-17,19-20,31H,6,9,11-13H2,1-5H3/t14-,16-,17-,19-,20-,23-,24-,25-,26+/m0/s1. The van der Waals surface area contributed by atoms with Crippen LogP contribution in [0, 0.1) is 28.6 Å². The van der Waals surface area contributed by atoms with Gasteiger partial charge in [-0.3, -0.25) is 14.6 Å². The van der Waals surface area contributed by atoms with Gasteiger partial charge in [0.15, 0.2) is 17.1 Å². The lowest BCUT2D eigenvalue weighted by molar-refractivity contribution is -0.230. The molecule has 8 heteroatoms. The molecule has 1 N–H and O–H groups in total. The maximum Gasteiger partial charge on any atom is 0.306 e. The van der Waals surface area contributed by atoms with Crippen LogP contribution in [0.4, 0.5) is 8.78 Å². The number of nitrogens with zero attached hydrogens (tertiary/aromatic N) is 1. The molecule has 3 saturated carbocycles. The van der Waals surface area contributed by atoms with E-state index in [1.165, 1.54) is 0 Å². The number of hydrogen-bond donors (Lipinski definition) is 1. The number of Topliss-reactive ketones (excluding diaryl/α,β-unsaturated/α-hetero) is 1. The lowest BCUT2D eigenvalue weighted by Gasteiger charge is -2.63. The number of aliphatic hydroxyl groups is 1. The lowest BCUT2D eigenvalue weighted by Crippen LogP contribution is -2.71.